The van der Waals surface area contributed by atoms with E-state index in [0.717, 1.165) is 12.1 Å². The van der Waals surface area contributed by atoms with Crippen LogP contribution in [0.4, 0.5) is 17.6 Å². The number of Topliss-reactive ketones (excluding diaryl/α,β-unsaturated/α-hetero) is 1. The number of ketones is 1. The lowest BCUT2D eigenvalue weighted by molar-refractivity contribution is -0.140. The Hall–Kier alpha value is -1.43. The number of ether oxygens (including phenoxy) is 1. The van der Waals surface area contributed by atoms with Crippen molar-refractivity contribution >= 4 is 5.78 Å². The lowest BCUT2D eigenvalue weighted by Crippen LogP contribution is -2.23. The molecule has 0 N–H and O–H groups in total. The quantitative estimate of drug-likeness (QED) is 0.599. The molecule has 0 spiro atoms. The monoisotopic (exact) mass is 292 g/mol. The molecule has 0 amide bonds. The topological polar surface area (TPSA) is 26.3 Å². The number of carbonyl (C=O) groups excluding carboxylic acids is 1. The maximum atomic E-state index is 13.7. The maximum Gasteiger partial charge on any atom is 0.419 e. The minimum Gasteiger partial charge on any atom is -0.379 e. The van der Waals surface area contributed by atoms with Crippen LogP contribution in [0.2, 0.25) is 0 Å². The predicted octanol–water partition coefficient (Wildman–Crippen LogP) is 4.23. The van der Waals surface area contributed by atoms with E-state index in [1.165, 1.54) is 7.11 Å². The van der Waals surface area contributed by atoms with Gasteiger partial charge in [-0.3, -0.25) is 4.79 Å². The number of halogens is 4. The van der Waals surface area contributed by atoms with Crippen LogP contribution in [-0.2, 0) is 10.9 Å². The Morgan fingerprint density at radius 2 is 1.85 bits per heavy atom. The molecule has 0 unspecified atom stereocenters. The van der Waals surface area contributed by atoms with Gasteiger partial charge in [-0.2, -0.15) is 13.2 Å². The van der Waals surface area contributed by atoms with Crippen LogP contribution < -0.4 is 0 Å². The summed E-state index contributed by atoms with van der Waals surface area (Å²) in [5.74, 6) is -2.18. The predicted molar refractivity (Wildman–Crippen MR) is 66.1 cm³/mol. The number of hydrogen-bond acceptors (Lipinski definition) is 2. The van der Waals surface area contributed by atoms with E-state index in [-0.39, 0.29) is 12.8 Å². The van der Waals surface area contributed by atoms with Gasteiger partial charge in [0.1, 0.15) is 5.82 Å². The second-order valence-corrected chi connectivity index (χ2v) is 5.05. The van der Waals surface area contributed by atoms with Crippen LogP contribution in [0.25, 0.3) is 0 Å². The smallest absolute Gasteiger partial charge is 0.379 e. The van der Waals surface area contributed by atoms with Crippen LogP contribution in [0, 0.1) is 5.82 Å². The third-order valence-corrected chi connectivity index (χ3v) is 3.11. The molecule has 0 radical (unpaired) electrons. The molecule has 112 valence electrons. The summed E-state index contributed by atoms with van der Waals surface area (Å²) in [7, 11) is 1.47. The summed E-state index contributed by atoms with van der Waals surface area (Å²) in [6.45, 7) is 3.48. The molecular weight excluding hydrogens is 276 g/mol. The van der Waals surface area contributed by atoms with Crippen LogP contribution in [0.15, 0.2) is 18.2 Å². The standard InChI is InChI=1S/C14H16F4O2/c1-13(2,20-3)8-7-11(19)9-5-4-6-10(12(9)15)14(16,17)18/h4-6H,7-8H2,1-3H3. The minimum absolute atomic E-state index is 0.0843. The first-order chi connectivity index (χ1) is 9.08. The van der Waals surface area contributed by atoms with Crippen molar-refractivity contribution < 1.29 is 27.1 Å². The van der Waals surface area contributed by atoms with Gasteiger partial charge in [-0.1, -0.05) is 6.07 Å². The SMILES string of the molecule is COC(C)(C)CCC(=O)c1cccc(C(F)(F)F)c1F. The second kappa shape index (κ2) is 5.91. The highest BCUT2D eigenvalue weighted by atomic mass is 19.4. The van der Waals surface area contributed by atoms with E-state index in [1.54, 1.807) is 13.8 Å². The normalized spacial score (nSPS) is 12.6. The molecule has 0 fully saturated rings. The zero-order chi connectivity index (χ0) is 15.6. The van der Waals surface area contributed by atoms with E-state index in [2.05, 4.69) is 0 Å². The summed E-state index contributed by atoms with van der Waals surface area (Å²) in [6.07, 6.45) is -4.61. The zero-order valence-corrected chi connectivity index (χ0v) is 11.5. The lowest BCUT2D eigenvalue weighted by Gasteiger charge is -2.22. The zero-order valence-electron chi connectivity index (χ0n) is 11.5. The summed E-state index contributed by atoms with van der Waals surface area (Å²) in [6, 6.07) is 2.71. The Labute approximate surface area is 114 Å². The van der Waals surface area contributed by atoms with Gasteiger partial charge in [-0.15, -0.1) is 0 Å². The molecule has 0 aliphatic carbocycles. The molecule has 0 aliphatic heterocycles. The van der Waals surface area contributed by atoms with Crippen molar-refractivity contribution in [3.63, 3.8) is 0 Å². The summed E-state index contributed by atoms with van der Waals surface area (Å²) in [5.41, 5.74) is -2.55. The Morgan fingerprint density at radius 1 is 1.25 bits per heavy atom. The number of alkyl halides is 3. The fourth-order valence-electron chi connectivity index (χ4n) is 1.62. The van der Waals surface area contributed by atoms with E-state index in [9.17, 15) is 22.4 Å². The van der Waals surface area contributed by atoms with Gasteiger partial charge in [0.15, 0.2) is 5.78 Å². The Balaban J connectivity index is 2.95. The van der Waals surface area contributed by atoms with Crippen LogP contribution in [-0.4, -0.2) is 18.5 Å². The maximum absolute atomic E-state index is 13.7. The highest BCUT2D eigenvalue weighted by molar-refractivity contribution is 5.96. The molecule has 6 heteroatoms. The Bertz CT molecular complexity index is 492. The molecule has 1 aromatic carbocycles. The molecule has 1 rings (SSSR count). The molecule has 20 heavy (non-hydrogen) atoms. The number of hydrogen-bond donors (Lipinski definition) is 0. The van der Waals surface area contributed by atoms with Crippen LogP contribution in [0.5, 0.6) is 0 Å². The fourth-order valence-corrected chi connectivity index (χ4v) is 1.62. The number of carbonyl (C=O) groups is 1. The van der Waals surface area contributed by atoms with Gasteiger partial charge in [-0.25, -0.2) is 4.39 Å². The third-order valence-electron chi connectivity index (χ3n) is 3.11. The van der Waals surface area contributed by atoms with Crippen molar-refractivity contribution in [2.24, 2.45) is 0 Å². The van der Waals surface area contributed by atoms with Gasteiger partial charge in [0.25, 0.3) is 0 Å². The van der Waals surface area contributed by atoms with Crippen molar-refractivity contribution in [3.05, 3.63) is 35.1 Å². The highest BCUT2D eigenvalue weighted by Crippen LogP contribution is 2.32. The molecule has 0 atom stereocenters. The Morgan fingerprint density at radius 3 is 2.35 bits per heavy atom. The first kappa shape index (κ1) is 16.6. The molecule has 0 bridgehead atoms. The van der Waals surface area contributed by atoms with Crippen molar-refractivity contribution in [2.45, 2.75) is 38.5 Å². The number of benzene rings is 1. The molecule has 0 aromatic heterocycles. The second-order valence-electron chi connectivity index (χ2n) is 5.05. The van der Waals surface area contributed by atoms with Crippen molar-refractivity contribution in [1.29, 1.82) is 0 Å². The van der Waals surface area contributed by atoms with Crippen molar-refractivity contribution in [1.82, 2.24) is 0 Å². The van der Waals surface area contributed by atoms with Gasteiger partial charge in [0, 0.05) is 13.5 Å². The molecule has 1 aromatic rings. The highest BCUT2D eigenvalue weighted by Gasteiger charge is 2.35. The molecule has 2 nitrogen and oxygen atoms in total. The summed E-state index contributed by atoms with van der Waals surface area (Å²) < 4.78 is 56.5. The van der Waals surface area contributed by atoms with Gasteiger partial charge < -0.3 is 4.74 Å². The molecule has 0 saturated carbocycles. The van der Waals surface area contributed by atoms with Gasteiger partial charge in [-0.05, 0) is 32.4 Å². The first-order valence-corrected chi connectivity index (χ1v) is 6.02. The molecule has 0 aliphatic rings. The fraction of sp³-hybridized carbons (Fsp3) is 0.500. The van der Waals surface area contributed by atoms with E-state index in [4.69, 9.17) is 4.74 Å². The molecular formula is C14H16F4O2. The lowest BCUT2D eigenvalue weighted by atomic mass is 9.96. The molecule has 0 saturated heterocycles. The van der Waals surface area contributed by atoms with Crippen molar-refractivity contribution in [2.75, 3.05) is 7.11 Å². The van der Waals surface area contributed by atoms with Gasteiger partial charge in [0.2, 0.25) is 0 Å². The number of methoxy groups -OCH3 is 1. The van der Waals surface area contributed by atoms with Crippen LogP contribution in [0.3, 0.4) is 0 Å². The van der Waals surface area contributed by atoms with Gasteiger partial charge in [0.05, 0.1) is 16.7 Å². The minimum atomic E-state index is -4.81. The first-order valence-electron chi connectivity index (χ1n) is 6.02. The van der Waals surface area contributed by atoms with Crippen molar-refractivity contribution in [3.8, 4) is 0 Å². The third kappa shape index (κ3) is 4.03. The summed E-state index contributed by atoms with van der Waals surface area (Å²) in [4.78, 5) is 11.8. The van der Waals surface area contributed by atoms with Gasteiger partial charge >= 0.3 is 6.18 Å². The average molecular weight is 292 g/mol. The van der Waals surface area contributed by atoms with E-state index in [0.29, 0.717) is 6.07 Å². The number of rotatable bonds is 5. The average Bonchev–Trinajstić information content (AvgIpc) is 2.35. The summed E-state index contributed by atoms with van der Waals surface area (Å²) in [5, 5.41) is 0. The largest absolute Gasteiger partial charge is 0.419 e. The Kier molecular flexibility index (Phi) is 4.91. The van der Waals surface area contributed by atoms with E-state index >= 15 is 0 Å². The molecule has 0 heterocycles. The summed E-state index contributed by atoms with van der Waals surface area (Å²) >= 11 is 0. The van der Waals surface area contributed by atoms with E-state index < -0.39 is 34.5 Å². The van der Waals surface area contributed by atoms with Crippen LogP contribution >= 0.6 is 0 Å². The van der Waals surface area contributed by atoms with Crippen LogP contribution in [0.1, 0.15) is 42.6 Å². The van der Waals surface area contributed by atoms with E-state index in [1.807, 2.05) is 0 Å².